The van der Waals surface area contributed by atoms with Gasteiger partial charge in [-0.3, -0.25) is 4.79 Å². The highest BCUT2D eigenvalue weighted by molar-refractivity contribution is 6.33. The van der Waals surface area contributed by atoms with Crippen molar-refractivity contribution in [3.8, 4) is 0 Å². The standard InChI is InChI=1S/C13H16Cl2N2O/c1-8(2)13(3-4-13)7-16-12(18)9-5-10(14)17-11(15)6-9/h5-6,8H,3-4,7H2,1-2H3,(H,16,18). The Balaban J connectivity index is 2.00. The summed E-state index contributed by atoms with van der Waals surface area (Å²) in [5.74, 6) is 0.440. The highest BCUT2D eigenvalue weighted by atomic mass is 35.5. The van der Waals surface area contributed by atoms with Crippen molar-refractivity contribution in [3.05, 3.63) is 28.0 Å². The van der Waals surface area contributed by atoms with Gasteiger partial charge in [0.15, 0.2) is 0 Å². The highest BCUT2D eigenvalue weighted by Gasteiger charge is 2.45. The zero-order chi connectivity index (χ0) is 13.3. The maximum atomic E-state index is 12.0. The summed E-state index contributed by atoms with van der Waals surface area (Å²) in [7, 11) is 0. The van der Waals surface area contributed by atoms with E-state index in [1.165, 1.54) is 25.0 Å². The van der Waals surface area contributed by atoms with E-state index >= 15 is 0 Å². The molecule has 1 aromatic rings. The minimum Gasteiger partial charge on any atom is -0.351 e. The molecule has 18 heavy (non-hydrogen) atoms. The summed E-state index contributed by atoms with van der Waals surface area (Å²) in [6.07, 6.45) is 2.37. The Hall–Kier alpha value is -0.800. The van der Waals surface area contributed by atoms with E-state index in [0.29, 0.717) is 18.0 Å². The monoisotopic (exact) mass is 286 g/mol. The van der Waals surface area contributed by atoms with Gasteiger partial charge >= 0.3 is 0 Å². The third-order valence-electron chi connectivity index (χ3n) is 3.74. The average Bonchev–Trinajstić information content (AvgIpc) is 3.05. The van der Waals surface area contributed by atoms with Crippen LogP contribution in [-0.4, -0.2) is 17.4 Å². The van der Waals surface area contributed by atoms with E-state index in [4.69, 9.17) is 23.2 Å². The summed E-state index contributed by atoms with van der Waals surface area (Å²) in [5.41, 5.74) is 0.746. The molecule has 0 radical (unpaired) electrons. The average molecular weight is 287 g/mol. The van der Waals surface area contributed by atoms with Crippen molar-refractivity contribution in [1.82, 2.24) is 10.3 Å². The summed E-state index contributed by atoms with van der Waals surface area (Å²) < 4.78 is 0. The first-order valence-corrected chi connectivity index (χ1v) is 6.80. The molecule has 0 aromatic carbocycles. The van der Waals surface area contributed by atoms with E-state index in [9.17, 15) is 4.79 Å². The smallest absolute Gasteiger partial charge is 0.251 e. The lowest BCUT2D eigenvalue weighted by atomic mass is 9.92. The Morgan fingerprint density at radius 3 is 2.39 bits per heavy atom. The van der Waals surface area contributed by atoms with Gasteiger partial charge < -0.3 is 5.32 Å². The van der Waals surface area contributed by atoms with Crippen molar-refractivity contribution in [2.24, 2.45) is 11.3 Å². The van der Waals surface area contributed by atoms with Crippen molar-refractivity contribution in [1.29, 1.82) is 0 Å². The van der Waals surface area contributed by atoms with Crippen LogP contribution in [0.1, 0.15) is 37.0 Å². The second kappa shape index (κ2) is 5.06. The first-order chi connectivity index (χ1) is 8.43. The van der Waals surface area contributed by atoms with Gasteiger partial charge in [0.2, 0.25) is 0 Å². The molecule has 0 bridgehead atoms. The van der Waals surface area contributed by atoms with Gasteiger partial charge in [-0.2, -0.15) is 0 Å². The Labute approximate surface area is 117 Å². The molecule has 1 amide bonds. The van der Waals surface area contributed by atoms with Gasteiger partial charge in [-0.25, -0.2) is 4.98 Å². The highest BCUT2D eigenvalue weighted by Crippen LogP contribution is 2.51. The SMILES string of the molecule is CC(C)C1(CNC(=O)c2cc(Cl)nc(Cl)c2)CC1. The van der Waals surface area contributed by atoms with E-state index in [2.05, 4.69) is 24.1 Å². The van der Waals surface area contributed by atoms with Crippen molar-refractivity contribution < 1.29 is 4.79 Å². The van der Waals surface area contributed by atoms with E-state index < -0.39 is 0 Å². The molecular formula is C13H16Cl2N2O. The number of halogens is 2. The molecule has 1 aromatic heterocycles. The lowest BCUT2D eigenvalue weighted by molar-refractivity contribution is 0.0939. The number of rotatable bonds is 4. The van der Waals surface area contributed by atoms with Crippen LogP contribution in [0.15, 0.2) is 12.1 Å². The van der Waals surface area contributed by atoms with Crippen LogP contribution in [0.4, 0.5) is 0 Å². The normalized spacial score (nSPS) is 16.7. The van der Waals surface area contributed by atoms with Gasteiger partial charge in [-0.05, 0) is 36.3 Å². The van der Waals surface area contributed by atoms with Crippen LogP contribution in [0, 0.1) is 11.3 Å². The van der Waals surface area contributed by atoms with Gasteiger partial charge in [-0.15, -0.1) is 0 Å². The molecule has 1 aliphatic rings. The van der Waals surface area contributed by atoms with Crippen LogP contribution in [0.5, 0.6) is 0 Å². The fourth-order valence-corrected chi connectivity index (χ4v) is 2.53. The lowest BCUT2D eigenvalue weighted by Crippen LogP contribution is -2.32. The van der Waals surface area contributed by atoms with Crippen molar-refractivity contribution in [2.45, 2.75) is 26.7 Å². The molecule has 1 fully saturated rings. The molecule has 0 atom stereocenters. The molecule has 0 spiro atoms. The molecule has 1 heterocycles. The Morgan fingerprint density at radius 2 is 1.94 bits per heavy atom. The summed E-state index contributed by atoms with van der Waals surface area (Å²) in [6, 6.07) is 3.05. The zero-order valence-electron chi connectivity index (χ0n) is 10.5. The molecular weight excluding hydrogens is 271 g/mol. The quantitative estimate of drug-likeness (QED) is 0.860. The topological polar surface area (TPSA) is 42.0 Å². The fourth-order valence-electron chi connectivity index (χ4n) is 2.07. The molecule has 0 saturated heterocycles. The van der Waals surface area contributed by atoms with E-state index in [1.54, 1.807) is 0 Å². The van der Waals surface area contributed by atoms with Gasteiger partial charge in [-0.1, -0.05) is 37.0 Å². The third-order valence-corrected chi connectivity index (χ3v) is 4.13. The fraction of sp³-hybridized carbons (Fsp3) is 0.538. The number of hydrogen-bond acceptors (Lipinski definition) is 2. The van der Waals surface area contributed by atoms with E-state index in [0.717, 1.165) is 0 Å². The number of carbonyl (C=O) groups is 1. The Kier molecular flexibility index (Phi) is 3.83. The lowest BCUT2D eigenvalue weighted by Gasteiger charge is -2.20. The summed E-state index contributed by atoms with van der Waals surface area (Å²) in [5, 5.41) is 3.42. The minimum atomic E-state index is -0.145. The molecule has 0 aliphatic heterocycles. The third kappa shape index (κ3) is 2.96. The van der Waals surface area contributed by atoms with Gasteiger partial charge in [0.05, 0.1) is 0 Å². The van der Waals surface area contributed by atoms with Gasteiger partial charge in [0, 0.05) is 12.1 Å². The number of hydrogen-bond donors (Lipinski definition) is 1. The van der Waals surface area contributed by atoms with Crippen LogP contribution < -0.4 is 5.32 Å². The first kappa shape index (κ1) is 13.6. The number of amides is 1. The minimum absolute atomic E-state index is 0.145. The number of aromatic nitrogens is 1. The number of nitrogens with one attached hydrogen (secondary N) is 1. The number of pyridine rings is 1. The Bertz CT molecular complexity index is 450. The largest absolute Gasteiger partial charge is 0.351 e. The molecule has 5 heteroatoms. The molecule has 1 N–H and O–H groups in total. The predicted molar refractivity (Wildman–Crippen MR) is 73.1 cm³/mol. The van der Waals surface area contributed by atoms with E-state index in [1.807, 2.05) is 0 Å². The van der Waals surface area contributed by atoms with Crippen molar-refractivity contribution in [3.63, 3.8) is 0 Å². The van der Waals surface area contributed by atoms with Crippen LogP contribution in [0.2, 0.25) is 10.3 Å². The maximum Gasteiger partial charge on any atom is 0.251 e. The van der Waals surface area contributed by atoms with Crippen molar-refractivity contribution in [2.75, 3.05) is 6.54 Å². The van der Waals surface area contributed by atoms with Gasteiger partial charge in [0.1, 0.15) is 10.3 Å². The molecule has 3 nitrogen and oxygen atoms in total. The predicted octanol–water partition coefficient (Wildman–Crippen LogP) is 3.55. The molecule has 0 unspecified atom stereocenters. The second-order valence-electron chi connectivity index (χ2n) is 5.20. The second-order valence-corrected chi connectivity index (χ2v) is 5.98. The van der Waals surface area contributed by atoms with Gasteiger partial charge in [0.25, 0.3) is 5.91 Å². The number of carbonyl (C=O) groups excluding carboxylic acids is 1. The molecule has 98 valence electrons. The molecule has 1 aliphatic carbocycles. The van der Waals surface area contributed by atoms with Crippen LogP contribution in [0.25, 0.3) is 0 Å². The van der Waals surface area contributed by atoms with Crippen LogP contribution in [-0.2, 0) is 0 Å². The number of nitrogens with zero attached hydrogens (tertiary/aromatic N) is 1. The summed E-state index contributed by atoms with van der Waals surface area (Å²) in [6.45, 7) is 5.10. The maximum absolute atomic E-state index is 12.0. The van der Waals surface area contributed by atoms with Crippen LogP contribution in [0.3, 0.4) is 0 Å². The Morgan fingerprint density at radius 1 is 1.39 bits per heavy atom. The van der Waals surface area contributed by atoms with E-state index in [-0.39, 0.29) is 21.6 Å². The summed E-state index contributed by atoms with van der Waals surface area (Å²) >= 11 is 11.5. The molecule has 1 saturated carbocycles. The van der Waals surface area contributed by atoms with Crippen LogP contribution >= 0.6 is 23.2 Å². The zero-order valence-corrected chi connectivity index (χ0v) is 12.0. The first-order valence-electron chi connectivity index (χ1n) is 6.04. The molecule has 2 rings (SSSR count). The summed E-state index contributed by atoms with van der Waals surface area (Å²) in [4.78, 5) is 15.8. The van der Waals surface area contributed by atoms with Crippen molar-refractivity contribution >= 4 is 29.1 Å².